The van der Waals surface area contributed by atoms with Crippen molar-refractivity contribution in [1.29, 1.82) is 0 Å². The molecule has 2 bridgehead atoms. The zero-order valence-corrected chi connectivity index (χ0v) is 35.6. The third-order valence-corrected chi connectivity index (χ3v) is 15.8. The van der Waals surface area contributed by atoms with E-state index in [0.717, 1.165) is 22.0 Å². The summed E-state index contributed by atoms with van der Waals surface area (Å²) in [4.78, 5) is 52.9. The lowest BCUT2D eigenvalue weighted by molar-refractivity contribution is -0.228. The molecule has 1 unspecified atom stereocenters. The molecule has 322 valence electrons. The summed E-state index contributed by atoms with van der Waals surface area (Å²) in [5.41, 5.74) is -2.91. The standard InChI is InChI=1S/C46H58N4O10/c1-8-42-16-12-18-50-20-17-44(37(42)50)30-21-31(34(57-5)22-33(30)48(4)38(44)46(56,41(54)59-7)39(42)60-26(3)51)45(40(53)58-6)23-27-24-49(25-43(55,9-2)36(27)52)19-15-29-28-13-10-11-14-32(28)47-35(29)45/h10-14,16,21-22,27,36-39,47,52,55-56H,8-9,15,17-20,23-25H2,1-7H3/t27-,36-,37-,38+,39+,42+,43-,44+,45-,46-/m0/s1. The molecular formula is C46H58N4O10. The van der Waals surface area contributed by atoms with E-state index in [9.17, 15) is 24.9 Å². The number of carbonyl (C=O) groups excluding carboxylic acids is 3. The Balaban J connectivity index is 1.37. The normalized spacial score (nSPS) is 37.8. The Morgan fingerprint density at radius 2 is 1.72 bits per heavy atom. The number of para-hydroxylation sites is 1. The van der Waals surface area contributed by atoms with Crippen LogP contribution in [0.1, 0.15) is 68.8 Å². The van der Waals surface area contributed by atoms with Crippen LogP contribution in [-0.2, 0) is 45.8 Å². The molecule has 6 aliphatic rings. The molecule has 1 spiro atoms. The van der Waals surface area contributed by atoms with Crippen LogP contribution in [0.15, 0.2) is 48.6 Å². The molecule has 9 rings (SSSR count). The molecule has 0 amide bonds. The van der Waals surface area contributed by atoms with Gasteiger partial charge in [0, 0.05) is 96.9 Å². The predicted octanol–water partition coefficient (Wildman–Crippen LogP) is 2.96. The van der Waals surface area contributed by atoms with E-state index < -0.39 is 69.5 Å². The molecule has 3 fully saturated rings. The van der Waals surface area contributed by atoms with Gasteiger partial charge in [0.1, 0.15) is 16.8 Å². The minimum Gasteiger partial charge on any atom is -0.496 e. The van der Waals surface area contributed by atoms with E-state index in [1.165, 1.54) is 21.1 Å². The number of H-pyrrole nitrogens is 1. The smallest absolute Gasteiger partial charge is 0.344 e. The number of aromatic amines is 1. The lowest BCUT2D eigenvalue weighted by atomic mass is 9.47. The molecule has 5 aliphatic heterocycles. The largest absolute Gasteiger partial charge is 0.496 e. The molecule has 3 aromatic rings. The highest BCUT2D eigenvalue weighted by Gasteiger charge is 2.80. The van der Waals surface area contributed by atoms with Crippen LogP contribution in [-0.4, -0.2) is 145 Å². The maximum Gasteiger partial charge on any atom is 0.344 e. The minimum atomic E-state index is -2.34. The number of likely N-dealkylation sites (N-methyl/N-ethyl adjacent to an activating group) is 1. The van der Waals surface area contributed by atoms with Gasteiger partial charge in [0.15, 0.2) is 6.10 Å². The van der Waals surface area contributed by atoms with Crippen molar-refractivity contribution in [2.45, 2.75) is 99.2 Å². The number of methoxy groups -OCH3 is 3. The number of benzene rings is 2. The van der Waals surface area contributed by atoms with E-state index in [-0.39, 0.29) is 12.5 Å². The van der Waals surface area contributed by atoms with E-state index in [1.54, 1.807) is 7.11 Å². The van der Waals surface area contributed by atoms with Gasteiger partial charge in [0.25, 0.3) is 0 Å². The van der Waals surface area contributed by atoms with Crippen LogP contribution in [0, 0.1) is 11.3 Å². The number of anilines is 1. The summed E-state index contributed by atoms with van der Waals surface area (Å²) >= 11 is 0. The quantitative estimate of drug-likeness (QED) is 0.156. The Morgan fingerprint density at radius 1 is 0.967 bits per heavy atom. The Bertz CT molecular complexity index is 2290. The van der Waals surface area contributed by atoms with Crippen molar-refractivity contribution in [3.8, 4) is 5.75 Å². The molecule has 11 atom stereocenters. The number of aliphatic hydroxyl groups is 3. The number of aromatic nitrogens is 1. The first kappa shape index (κ1) is 40.9. The maximum atomic E-state index is 15.3. The summed E-state index contributed by atoms with van der Waals surface area (Å²) in [5.74, 6) is -2.29. The van der Waals surface area contributed by atoms with Crippen molar-refractivity contribution < 1.29 is 48.7 Å². The highest BCUT2D eigenvalue weighted by atomic mass is 16.6. The van der Waals surface area contributed by atoms with Crippen LogP contribution in [0.5, 0.6) is 5.75 Å². The molecule has 1 aliphatic carbocycles. The highest BCUT2D eigenvalue weighted by molar-refractivity contribution is 5.95. The van der Waals surface area contributed by atoms with E-state index in [0.29, 0.717) is 81.1 Å². The minimum absolute atomic E-state index is 0.0682. The Hall–Kier alpha value is -4.47. The summed E-state index contributed by atoms with van der Waals surface area (Å²) in [5, 5.41) is 38.4. The molecule has 60 heavy (non-hydrogen) atoms. The monoisotopic (exact) mass is 826 g/mol. The number of aliphatic hydroxyl groups excluding tert-OH is 1. The van der Waals surface area contributed by atoms with Crippen molar-refractivity contribution in [2.75, 3.05) is 66.0 Å². The number of fused-ring (bicyclic) bond motifs is 6. The average molecular weight is 827 g/mol. The topological polar surface area (TPSA) is 174 Å². The van der Waals surface area contributed by atoms with Gasteiger partial charge in [0.2, 0.25) is 5.60 Å². The van der Waals surface area contributed by atoms with Gasteiger partial charge in [-0.05, 0) is 61.9 Å². The number of nitrogens with one attached hydrogen (secondary N) is 1. The zero-order chi connectivity index (χ0) is 42.7. The van der Waals surface area contributed by atoms with Crippen molar-refractivity contribution in [3.05, 3.63) is 70.9 Å². The molecule has 6 heterocycles. The summed E-state index contributed by atoms with van der Waals surface area (Å²) in [6.07, 6.45) is 3.51. The van der Waals surface area contributed by atoms with Gasteiger partial charge in [-0.3, -0.25) is 19.4 Å². The fourth-order valence-electron chi connectivity index (χ4n) is 13.5. The van der Waals surface area contributed by atoms with Gasteiger partial charge in [-0.25, -0.2) is 4.79 Å². The van der Waals surface area contributed by atoms with Crippen LogP contribution < -0.4 is 9.64 Å². The molecule has 14 heteroatoms. The van der Waals surface area contributed by atoms with E-state index in [1.807, 2.05) is 74.3 Å². The molecule has 0 radical (unpaired) electrons. The molecule has 14 nitrogen and oxygen atoms in total. The van der Waals surface area contributed by atoms with Crippen molar-refractivity contribution in [3.63, 3.8) is 0 Å². The van der Waals surface area contributed by atoms with Crippen LogP contribution >= 0.6 is 0 Å². The molecule has 2 aromatic carbocycles. The predicted molar refractivity (Wildman–Crippen MR) is 222 cm³/mol. The lowest BCUT2D eigenvalue weighted by Crippen LogP contribution is -2.81. The summed E-state index contributed by atoms with van der Waals surface area (Å²) in [6, 6.07) is 10.6. The number of piperidine rings is 1. The van der Waals surface area contributed by atoms with Crippen LogP contribution in [0.25, 0.3) is 10.9 Å². The zero-order valence-electron chi connectivity index (χ0n) is 35.6. The fourth-order valence-corrected chi connectivity index (χ4v) is 13.5. The van der Waals surface area contributed by atoms with Gasteiger partial charge >= 0.3 is 17.9 Å². The van der Waals surface area contributed by atoms with Gasteiger partial charge in [-0.2, -0.15) is 0 Å². The Labute approximate surface area is 350 Å². The maximum absolute atomic E-state index is 15.3. The number of hydrogen-bond donors (Lipinski definition) is 4. The van der Waals surface area contributed by atoms with Crippen LogP contribution in [0.4, 0.5) is 5.69 Å². The second-order valence-electron chi connectivity index (χ2n) is 18.2. The van der Waals surface area contributed by atoms with Crippen molar-refractivity contribution in [2.24, 2.45) is 11.3 Å². The lowest BCUT2D eigenvalue weighted by Gasteiger charge is -2.63. The third-order valence-electron chi connectivity index (χ3n) is 15.8. The molecule has 2 saturated heterocycles. The Kier molecular flexibility index (Phi) is 9.57. The first-order chi connectivity index (χ1) is 28.7. The summed E-state index contributed by atoms with van der Waals surface area (Å²) in [6.45, 7) is 7.73. The number of nitrogens with zero attached hydrogens (tertiary/aromatic N) is 3. The van der Waals surface area contributed by atoms with Gasteiger partial charge in [-0.15, -0.1) is 0 Å². The molecule has 1 aromatic heterocycles. The third kappa shape index (κ3) is 5.08. The number of rotatable bonds is 7. The van der Waals surface area contributed by atoms with E-state index >= 15 is 4.79 Å². The van der Waals surface area contributed by atoms with Crippen LogP contribution in [0.2, 0.25) is 0 Å². The van der Waals surface area contributed by atoms with Crippen molar-refractivity contribution >= 4 is 34.5 Å². The molecule has 4 N–H and O–H groups in total. The van der Waals surface area contributed by atoms with Gasteiger partial charge in [0.05, 0.1) is 33.5 Å². The van der Waals surface area contributed by atoms with Crippen LogP contribution in [0.3, 0.4) is 0 Å². The summed E-state index contributed by atoms with van der Waals surface area (Å²) in [7, 11) is 6.00. The molecular weight excluding hydrogens is 769 g/mol. The van der Waals surface area contributed by atoms with Gasteiger partial charge in [-0.1, -0.05) is 44.2 Å². The first-order valence-corrected chi connectivity index (χ1v) is 21.3. The number of esters is 3. The average Bonchev–Trinajstić information content (AvgIpc) is 3.91. The summed E-state index contributed by atoms with van der Waals surface area (Å²) < 4.78 is 23.8. The van der Waals surface area contributed by atoms with E-state index in [4.69, 9.17) is 18.9 Å². The second kappa shape index (κ2) is 14.0. The number of carbonyl (C=O) groups is 3. The van der Waals surface area contributed by atoms with Crippen molar-refractivity contribution in [1.82, 2.24) is 14.8 Å². The Morgan fingerprint density at radius 3 is 2.40 bits per heavy atom. The number of ether oxygens (including phenoxy) is 4. The SMILES string of the molecule is CC[C@]1(O)CN2CCc3c([nH]c4ccccc34)[C@@](C(=O)OC)(c3cc4c(cc3OC)N(C)[C@H]3[C@@](O)(C(=O)OC)[C@H](OC(C)=O)[C@]5(CC)C=CCN6CC[C@]43[C@@H]65)C[C@@H](C2)[C@@H]1O. The highest BCUT2D eigenvalue weighted by Crippen LogP contribution is 2.68. The number of hydrogen-bond acceptors (Lipinski definition) is 13. The first-order valence-electron chi connectivity index (χ1n) is 21.3. The molecule has 1 saturated carbocycles. The van der Waals surface area contributed by atoms with E-state index in [2.05, 4.69) is 14.8 Å². The fraction of sp³-hybridized carbons (Fsp3) is 0.587. The second-order valence-corrected chi connectivity index (χ2v) is 18.2. The van der Waals surface area contributed by atoms with Gasteiger partial charge < -0.3 is 44.2 Å².